The van der Waals surface area contributed by atoms with Crippen molar-refractivity contribution >= 4 is 89.7 Å². The van der Waals surface area contributed by atoms with E-state index in [0.29, 0.717) is 19.3 Å². The Morgan fingerprint density at radius 3 is 1.41 bits per heavy atom. The Hall–Kier alpha value is -8.84. The average Bonchev–Trinajstić information content (AvgIpc) is 1.52. The molecule has 24 nitrogen and oxygen atoms in total. The number of carbonyl (C=O) groups excluding carboxylic acids is 8. The van der Waals surface area contributed by atoms with Crippen LogP contribution in [0.25, 0.3) is 21.1 Å². The first-order valence-electron chi connectivity index (χ1n) is 29.0. The molecule has 0 aliphatic carbocycles. The normalized spacial score (nSPS) is 15.0. The molecule has 0 radical (unpaired) electrons. The molecule has 2 saturated heterocycles. The third-order valence-corrected chi connectivity index (χ3v) is 21.0. The molecule has 8 aromatic rings. The first kappa shape index (κ1) is 76.9. The van der Waals surface area contributed by atoms with Crippen LogP contribution in [-0.2, 0) is 51.9 Å². The van der Waals surface area contributed by atoms with Gasteiger partial charge < -0.3 is 52.9 Å². The van der Waals surface area contributed by atoms with Crippen molar-refractivity contribution in [3.63, 3.8) is 0 Å². The van der Waals surface area contributed by atoms with Crippen molar-refractivity contribution in [1.82, 2.24) is 30.4 Å². The zero-order valence-electron chi connectivity index (χ0n) is 52.2. The van der Waals surface area contributed by atoms with Crippen LogP contribution in [0.1, 0.15) is 105 Å². The van der Waals surface area contributed by atoms with Gasteiger partial charge in [0.15, 0.2) is 0 Å². The minimum absolute atomic E-state index is 0. The average molecular weight is 1370 g/mol. The van der Waals surface area contributed by atoms with Crippen LogP contribution in [0, 0.1) is 0 Å². The van der Waals surface area contributed by atoms with E-state index >= 15 is 0 Å². The quantitative estimate of drug-likeness (QED) is 0.0623. The van der Waals surface area contributed by atoms with Crippen LogP contribution in [-0.4, -0.2) is 135 Å². The molecular weight excluding hydrogens is 1300 g/mol. The number of carbonyl (C=O) groups is 4. The molecule has 2 fully saturated rings. The maximum absolute atomic E-state index is 13.2. The zero-order valence-corrected chi connectivity index (χ0v) is 54.4. The maximum atomic E-state index is 13.2. The van der Waals surface area contributed by atoms with Gasteiger partial charge >= 0.3 is 31.2 Å². The summed E-state index contributed by atoms with van der Waals surface area (Å²) in [6, 6.07) is 36.9. The number of rotatable bonds is 18. The maximum Gasteiger partial charge on any atom is 1.00 e. The van der Waals surface area contributed by atoms with E-state index < -0.39 is 43.3 Å². The number of benzene rings is 6. The molecule has 4 aliphatic rings. The number of fused-ring (bicyclic) bond motifs is 4. The number of likely N-dealkylation sites (tertiary alicyclic amines) is 2. The molecule has 0 spiro atoms. The Morgan fingerprint density at radius 2 is 1.00 bits per heavy atom. The van der Waals surface area contributed by atoms with Crippen molar-refractivity contribution in [3.05, 3.63) is 178 Å². The smallest absolute Gasteiger partial charge is 1.00 e. The summed E-state index contributed by atoms with van der Waals surface area (Å²) < 4.78 is 64.6. The molecule has 496 valence electrons. The topological polar surface area (TPSA) is 367 Å². The first-order valence-corrected chi connectivity index (χ1v) is 33.6. The van der Waals surface area contributed by atoms with Crippen LogP contribution in [0.4, 0.5) is 11.4 Å². The van der Waals surface area contributed by atoms with Crippen LogP contribution < -0.4 is 49.6 Å². The van der Waals surface area contributed by atoms with E-state index in [0.717, 1.165) is 68.3 Å². The summed E-state index contributed by atoms with van der Waals surface area (Å²) in [7, 11) is -7.87. The Labute approximate surface area is 571 Å². The number of hydrogen-bond acceptors (Lipinski definition) is 20. The summed E-state index contributed by atoms with van der Waals surface area (Å²) in [5.74, 6) is -0.216. The molecule has 0 bridgehead atoms. The van der Waals surface area contributed by atoms with Gasteiger partial charge in [-0.25, -0.2) is 26.8 Å². The predicted molar refractivity (Wildman–Crippen MR) is 351 cm³/mol. The van der Waals surface area contributed by atoms with E-state index in [2.05, 4.69) is 48.0 Å². The number of anilines is 2. The van der Waals surface area contributed by atoms with Crippen molar-refractivity contribution in [2.45, 2.75) is 91.6 Å². The number of hydrogen-bond donors (Lipinski definition) is 4. The molecule has 6 aromatic carbocycles. The van der Waals surface area contributed by atoms with Gasteiger partial charge in [-0.05, 0) is 174 Å². The van der Waals surface area contributed by atoms with Crippen LogP contribution in [0.15, 0.2) is 165 Å². The second-order valence-electron chi connectivity index (χ2n) is 21.2. The van der Waals surface area contributed by atoms with Crippen molar-refractivity contribution in [1.29, 1.82) is 0 Å². The van der Waals surface area contributed by atoms with Gasteiger partial charge in [-0.1, -0.05) is 31.7 Å². The zero-order chi connectivity index (χ0) is 64.5. The third-order valence-electron chi connectivity index (χ3n) is 15.2. The molecule has 4 aliphatic heterocycles. The largest absolute Gasteiger partial charge is 1.00 e. The van der Waals surface area contributed by atoms with Gasteiger partial charge in [-0.3, -0.25) is 19.2 Å². The van der Waals surface area contributed by atoms with Gasteiger partial charge in [0.1, 0.15) is 21.5 Å². The number of nitrogens with zero attached hydrogens (tertiary/aromatic N) is 4. The van der Waals surface area contributed by atoms with Gasteiger partial charge in [-0.2, -0.15) is 19.2 Å². The van der Waals surface area contributed by atoms with Crippen LogP contribution in [0.2, 0.25) is 0 Å². The van der Waals surface area contributed by atoms with Crippen LogP contribution >= 0.6 is 22.7 Å². The summed E-state index contributed by atoms with van der Waals surface area (Å²) >= 11 is 2.95. The van der Waals surface area contributed by atoms with Gasteiger partial charge in [0.2, 0.25) is 19.7 Å². The molecule has 29 heteroatoms. The molecule has 0 unspecified atom stereocenters. The molecule has 6 heterocycles. The molecule has 2 aromatic heterocycles. The third kappa shape index (κ3) is 19.4. The Bertz CT molecular complexity index is 4240. The fraction of sp³-hybridized carbons (Fsp3) is 0.273. The summed E-state index contributed by atoms with van der Waals surface area (Å²) in [5, 5.41) is 12.7. The molecule has 4 amide bonds. The Morgan fingerprint density at radius 1 is 0.589 bits per heavy atom. The monoisotopic (exact) mass is 1370 g/mol. The summed E-state index contributed by atoms with van der Waals surface area (Å²) in [4.78, 5) is 99.3. The van der Waals surface area contributed by atoms with E-state index in [1.807, 2.05) is 48.5 Å². The van der Waals surface area contributed by atoms with Gasteiger partial charge in [0, 0.05) is 63.5 Å². The molecule has 8 N–H and O–H groups in total. The summed E-state index contributed by atoms with van der Waals surface area (Å²) in [5.41, 5.74) is 2.67. The minimum atomic E-state index is -3.94. The second kappa shape index (κ2) is 36.2. The standard InChI is InChI=1S/C32H32N4O5S2.C31H30N4O5S2.2CO2.CH4.Li.2H2O.H/c1-21-6-4-15-36(21)16-5-17-41-24-12-9-22(10-13-24)32-34-20-25(42-32)19-33-30(37)23-11-14-29-27(18-23)35-31(38)26-7-2-3-8-28(26)43(29,39)40;36-29(22-10-13-28-26(18-22)34-30(37)25-6-1-2-7-27(25)42(28,38)39)32-19-24-20-33-31(41-24)21-8-11-23(12-9-21)40-17-5-16-35-14-3-4-15-35;2*2-1-3;;;;;/h2-3,7-14,18,20-21H,4-6,15-17,19H2,1H3,(H,33,37)(H,35,38);1-2,6-13,18,20H,3-5,14-17,19H2,(H,32,36)(H,34,37);;;1H4;;2*1H2;/q;;;;;+1;;;-1/t21-;;;;;;;;/m1......../s1. The fourth-order valence-corrected chi connectivity index (χ4v) is 15.5. The van der Waals surface area contributed by atoms with Gasteiger partial charge in [0.05, 0.1) is 68.4 Å². The van der Waals surface area contributed by atoms with Crippen LogP contribution in [0.3, 0.4) is 0 Å². The predicted octanol–water partition coefficient (Wildman–Crippen LogP) is 5.33. The molecule has 12 rings (SSSR count). The number of nitrogens with one attached hydrogen (secondary N) is 4. The number of amides is 4. The Kier molecular flexibility index (Phi) is 29.3. The minimum Gasteiger partial charge on any atom is -1.00 e. The van der Waals surface area contributed by atoms with E-state index in [4.69, 9.17) is 28.7 Å². The van der Waals surface area contributed by atoms with Gasteiger partial charge in [-0.15, -0.1) is 22.7 Å². The number of aromatic nitrogens is 2. The van der Waals surface area contributed by atoms with Crippen molar-refractivity contribution in [3.8, 4) is 32.6 Å². The van der Waals surface area contributed by atoms with E-state index in [-0.39, 0.29) is 117 Å². The van der Waals surface area contributed by atoms with Crippen LogP contribution in [0.5, 0.6) is 11.5 Å². The molecule has 1 atom stereocenters. The summed E-state index contributed by atoms with van der Waals surface area (Å²) in [6.45, 7) is 9.90. The van der Waals surface area contributed by atoms with E-state index in [1.165, 1.54) is 129 Å². The first-order chi connectivity index (χ1) is 44.0. The van der Waals surface area contributed by atoms with Crippen molar-refractivity contribution in [2.24, 2.45) is 0 Å². The molecule has 95 heavy (non-hydrogen) atoms. The summed E-state index contributed by atoms with van der Waals surface area (Å²) in [6.07, 6.45) is 11.1. The molecule has 0 saturated carbocycles. The van der Waals surface area contributed by atoms with E-state index in [1.54, 1.807) is 36.7 Å². The number of ether oxygens (including phenoxy) is 2. The molecular formula is C66H71LiN8O16S4. The van der Waals surface area contributed by atoms with Gasteiger partial charge in [0.25, 0.3) is 23.6 Å². The fourth-order valence-electron chi connectivity index (χ4n) is 10.6. The van der Waals surface area contributed by atoms with Crippen molar-refractivity contribution in [2.75, 3.05) is 56.6 Å². The van der Waals surface area contributed by atoms with E-state index in [9.17, 15) is 36.0 Å². The Balaban J connectivity index is 0.000000360. The van der Waals surface area contributed by atoms with Crippen molar-refractivity contribution < 1.29 is 95.9 Å². The second-order valence-corrected chi connectivity index (χ2v) is 27.2. The SMILES string of the molecule is C.C[C@@H]1CCCN1CCCOc1ccc(-c2ncc(CNC(=O)c3ccc4c(c3)NC(=O)c3ccccc3S4(=O)=O)s2)cc1.O.O.O=C(NCc1cnc(-c2ccc(OCCCN3CCCC3)cc2)s1)c1ccc2c(c1)NC(=O)c1ccccc1S2(=O)=O.O=C=O.O=C=O.[H-].[Li+]. The number of sulfone groups is 2. The number of thiazole rings is 2.